The molecule has 6 nitrogen and oxygen atoms in total. The van der Waals surface area contributed by atoms with Gasteiger partial charge in [0, 0.05) is 18.9 Å². The summed E-state index contributed by atoms with van der Waals surface area (Å²) in [7, 11) is 1.76. The molecule has 1 atom stereocenters. The lowest BCUT2D eigenvalue weighted by Crippen LogP contribution is -2.17. The van der Waals surface area contributed by atoms with E-state index in [1.165, 1.54) is 4.52 Å². The molecule has 15 heavy (non-hydrogen) atoms. The highest BCUT2D eigenvalue weighted by molar-refractivity contribution is 9.10. The second-order valence-corrected chi connectivity index (χ2v) is 3.98. The monoisotopic (exact) mass is 271 g/mol. The fourth-order valence-electron chi connectivity index (χ4n) is 1.20. The van der Waals surface area contributed by atoms with Crippen LogP contribution in [-0.4, -0.2) is 38.3 Å². The molecule has 1 unspecified atom stereocenters. The minimum Gasteiger partial charge on any atom is -0.384 e. The molecular formula is C8H10BrN5O. The normalized spacial score (nSPS) is 13.3. The predicted octanol–water partition coefficient (Wildman–Crippen LogP) is 0.140. The number of nitrogens with zero attached hydrogens (tertiary/aromatic N) is 4. The van der Waals surface area contributed by atoms with Crippen molar-refractivity contribution >= 4 is 21.7 Å². The molecule has 0 radical (unpaired) electrons. The second-order valence-electron chi connectivity index (χ2n) is 3.06. The van der Waals surface area contributed by atoms with Gasteiger partial charge in [-0.2, -0.15) is 4.98 Å². The number of halogens is 1. The summed E-state index contributed by atoms with van der Waals surface area (Å²) < 4.78 is 2.34. The maximum atomic E-state index is 9.65. The molecule has 0 aliphatic rings. The van der Waals surface area contributed by atoms with Crippen LogP contribution in [0.5, 0.6) is 0 Å². The lowest BCUT2D eigenvalue weighted by atomic mass is 10.3. The van der Waals surface area contributed by atoms with Crippen LogP contribution in [0.4, 0.5) is 0 Å². The molecule has 2 aromatic rings. The van der Waals surface area contributed by atoms with Crippen molar-refractivity contribution in [3.8, 4) is 0 Å². The standard InChI is InChI=1S/C8H10BrN5O/c1-10-3-6(15)7-12-8-11-2-5(9)4-14(8)13-7/h2,4,6,10,15H,3H2,1H3. The number of hydrogen-bond acceptors (Lipinski definition) is 5. The van der Waals surface area contributed by atoms with E-state index in [1.807, 2.05) is 0 Å². The first-order chi connectivity index (χ1) is 7.20. The largest absolute Gasteiger partial charge is 0.384 e. The molecule has 0 fully saturated rings. The van der Waals surface area contributed by atoms with E-state index in [0.717, 1.165) is 4.47 Å². The van der Waals surface area contributed by atoms with E-state index < -0.39 is 6.10 Å². The Kier molecular flexibility index (Phi) is 2.94. The van der Waals surface area contributed by atoms with Gasteiger partial charge < -0.3 is 10.4 Å². The summed E-state index contributed by atoms with van der Waals surface area (Å²) in [5.74, 6) is 0.846. The number of aromatic nitrogens is 4. The Morgan fingerprint density at radius 2 is 2.47 bits per heavy atom. The Hall–Kier alpha value is -1.05. The molecule has 0 bridgehead atoms. The van der Waals surface area contributed by atoms with Crippen LogP contribution >= 0.6 is 15.9 Å². The maximum absolute atomic E-state index is 9.65. The Labute approximate surface area is 94.5 Å². The van der Waals surface area contributed by atoms with Gasteiger partial charge in [0.05, 0.1) is 4.47 Å². The highest BCUT2D eigenvalue weighted by atomic mass is 79.9. The van der Waals surface area contributed by atoms with Crippen LogP contribution in [0.1, 0.15) is 11.9 Å². The van der Waals surface area contributed by atoms with Gasteiger partial charge in [-0.3, -0.25) is 0 Å². The topological polar surface area (TPSA) is 75.3 Å². The fraction of sp³-hybridized carbons (Fsp3) is 0.375. The quantitative estimate of drug-likeness (QED) is 0.831. The van der Waals surface area contributed by atoms with Crippen LogP contribution in [-0.2, 0) is 0 Å². The molecule has 2 aromatic heterocycles. The third-order valence-corrected chi connectivity index (χ3v) is 2.28. The van der Waals surface area contributed by atoms with Crippen LogP contribution in [0.3, 0.4) is 0 Å². The molecule has 0 amide bonds. The lowest BCUT2D eigenvalue weighted by molar-refractivity contribution is 0.168. The number of hydrogen-bond donors (Lipinski definition) is 2. The summed E-state index contributed by atoms with van der Waals surface area (Å²) in [6.45, 7) is 0.415. The molecule has 80 valence electrons. The molecule has 7 heteroatoms. The average Bonchev–Trinajstić information content (AvgIpc) is 2.60. The Morgan fingerprint density at radius 3 is 3.20 bits per heavy atom. The van der Waals surface area contributed by atoms with Gasteiger partial charge >= 0.3 is 0 Å². The van der Waals surface area contributed by atoms with Gasteiger partial charge in [-0.15, -0.1) is 5.10 Å². The number of rotatable bonds is 3. The van der Waals surface area contributed by atoms with Gasteiger partial charge in [0.2, 0.25) is 0 Å². The fourth-order valence-corrected chi connectivity index (χ4v) is 1.50. The highest BCUT2D eigenvalue weighted by Gasteiger charge is 2.13. The lowest BCUT2D eigenvalue weighted by Gasteiger charge is -2.03. The molecule has 2 N–H and O–H groups in total. The number of aliphatic hydroxyl groups excluding tert-OH is 1. The van der Waals surface area contributed by atoms with Crippen LogP contribution in [0.2, 0.25) is 0 Å². The van der Waals surface area contributed by atoms with E-state index in [1.54, 1.807) is 19.4 Å². The van der Waals surface area contributed by atoms with Gasteiger partial charge in [-0.1, -0.05) is 0 Å². The predicted molar refractivity (Wildman–Crippen MR) is 57.4 cm³/mol. The molecule has 2 heterocycles. The zero-order valence-electron chi connectivity index (χ0n) is 8.05. The van der Waals surface area contributed by atoms with Crippen molar-refractivity contribution in [2.24, 2.45) is 0 Å². The van der Waals surface area contributed by atoms with Crippen molar-refractivity contribution in [2.45, 2.75) is 6.10 Å². The number of aliphatic hydroxyl groups is 1. The van der Waals surface area contributed by atoms with Crippen molar-refractivity contribution in [2.75, 3.05) is 13.6 Å². The number of fused-ring (bicyclic) bond motifs is 1. The van der Waals surface area contributed by atoms with E-state index >= 15 is 0 Å². The average molecular weight is 272 g/mol. The first-order valence-electron chi connectivity index (χ1n) is 4.41. The smallest absolute Gasteiger partial charge is 0.252 e. The maximum Gasteiger partial charge on any atom is 0.252 e. The van der Waals surface area contributed by atoms with Crippen molar-refractivity contribution in [1.29, 1.82) is 0 Å². The van der Waals surface area contributed by atoms with Crippen LogP contribution in [0, 0.1) is 0 Å². The van der Waals surface area contributed by atoms with Gasteiger partial charge in [0.15, 0.2) is 5.82 Å². The molecule has 0 spiro atoms. The third kappa shape index (κ3) is 2.14. The van der Waals surface area contributed by atoms with Crippen LogP contribution < -0.4 is 5.32 Å². The minimum atomic E-state index is -0.713. The number of nitrogens with one attached hydrogen (secondary N) is 1. The van der Waals surface area contributed by atoms with E-state index in [4.69, 9.17) is 0 Å². The number of likely N-dealkylation sites (N-methyl/N-ethyl adjacent to an activating group) is 1. The van der Waals surface area contributed by atoms with Gasteiger partial charge in [-0.05, 0) is 23.0 Å². The third-order valence-electron chi connectivity index (χ3n) is 1.87. The molecule has 0 aliphatic heterocycles. The van der Waals surface area contributed by atoms with Gasteiger partial charge in [0.25, 0.3) is 5.78 Å². The summed E-state index contributed by atoms with van der Waals surface area (Å²) in [4.78, 5) is 8.16. The zero-order valence-corrected chi connectivity index (χ0v) is 9.64. The van der Waals surface area contributed by atoms with Crippen molar-refractivity contribution < 1.29 is 5.11 Å². The summed E-state index contributed by atoms with van der Waals surface area (Å²) >= 11 is 3.28. The molecule has 2 rings (SSSR count). The summed E-state index contributed by atoms with van der Waals surface area (Å²) in [5.41, 5.74) is 0. The second kappa shape index (κ2) is 4.21. The molecule has 0 saturated heterocycles. The van der Waals surface area contributed by atoms with E-state index in [0.29, 0.717) is 18.1 Å². The van der Waals surface area contributed by atoms with E-state index in [2.05, 4.69) is 36.3 Å². The molecular weight excluding hydrogens is 262 g/mol. The molecule has 0 saturated carbocycles. The highest BCUT2D eigenvalue weighted by Crippen LogP contribution is 2.11. The molecule has 0 aromatic carbocycles. The van der Waals surface area contributed by atoms with Crippen molar-refractivity contribution in [3.05, 3.63) is 22.7 Å². The first-order valence-corrected chi connectivity index (χ1v) is 5.20. The minimum absolute atomic E-state index is 0.370. The zero-order chi connectivity index (χ0) is 10.8. The van der Waals surface area contributed by atoms with Gasteiger partial charge in [-0.25, -0.2) is 9.50 Å². The first kappa shape index (κ1) is 10.5. The SMILES string of the molecule is CNCC(O)c1nc2ncc(Br)cn2n1. The van der Waals surface area contributed by atoms with Gasteiger partial charge in [0.1, 0.15) is 6.10 Å². The summed E-state index contributed by atoms with van der Waals surface area (Å²) in [5, 5.41) is 16.6. The Morgan fingerprint density at radius 1 is 1.67 bits per heavy atom. The van der Waals surface area contributed by atoms with E-state index in [-0.39, 0.29) is 0 Å². The Bertz CT molecular complexity index is 471. The van der Waals surface area contributed by atoms with E-state index in [9.17, 15) is 5.11 Å². The van der Waals surface area contributed by atoms with Crippen molar-refractivity contribution in [1.82, 2.24) is 24.9 Å². The summed E-state index contributed by atoms with van der Waals surface area (Å²) in [6.07, 6.45) is 2.67. The van der Waals surface area contributed by atoms with Crippen LogP contribution in [0.15, 0.2) is 16.9 Å². The summed E-state index contributed by atoms with van der Waals surface area (Å²) in [6, 6.07) is 0. The molecule has 0 aliphatic carbocycles. The van der Waals surface area contributed by atoms with Crippen molar-refractivity contribution in [3.63, 3.8) is 0 Å². The van der Waals surface area contributed by atoms with Crippen LogP contribution in [0.25, 0.3) is 5.78 Å². The Balaban J connectivity index is 2.38.